The third-order valence-corrected chi connectivity index (χ3v) is 4.53. The number of H-pyrrole nitrogens is 1. The molecule has 0 bridgehead atoms. The van der Waals surface area contributed by atoms with Crippen LogP contribution in [-0.2, 0) is 16.4 Å². The van der Waals surface area contributed by atoms with E-state index in [1.54, 1.807) is 14.2 Å². The van der Waals surface area contributed by atoms with Crippen LogP contribution in [0.3, 0.4) is 0 Å². The Bertz CT molecular complexity index is 805. The smallest absolute Gasteiger partial charge is 0.178 e. The molecule has 0 fully saturated rings. The average Bonchev–Trinajstić information content (AvgIpc) is 2.71. The maximum Gasteiger partial charge on any atom is 0.178 e. The molecule has 0 aliphatic heterocycles. The molecule has 1 aromatic carbocycles. The van der Waals surface area contributed by atoms with Gasteiger partial charge in [-0.3, -0.25) is 0 Å². The third-order valence-electron chi connectivity index (χ3n) is 3.18. The largest absolute Gasteiger partial charge is 0.493 e. The van der Waals surface area contributed by atoms with Crippen molar-refractivity contribution in [1.29, 1.82) is 0 Å². The number of methoxy groups -OCH3 is 2. The van der Waals surface area contributed by atoms with Gasteiger partial charge in [-0.05, 0) is 18.6 Å². The molecule has 1 aromatic heterocycles. The Labute approximate surface area is 128 Å². The summed E-state index contributed by atoms with van der Waals surface area (Å²) in [7, 11) is 0.170. The lowest BCUT2D eigenvalue weighted by molar-refractivity contribution is 0.355. The van der Waals surface area contributed by atoms with Gasteiger partial charge in [-0.25, -0.2) is 8.42 Å². The Morgan fingerprint density at radius 1 is 1.24 bits per heavy atom. The quantitative estimate of drug-likeness (QED) is 0.822. The number of benzene rings is 1. The Morgan fingerprint density at radius 3 is 2.43 bits per heavy atom. The van der Waals surface area contributed by atoms with Crippen molar-refractivity contribution in [2.24, 2.45) is 0 Å². The number of rotatable bonds is 6. The lowest BCUT2D eigenvalue weighted by Gasteiger charge is -2.09. The van der Waals surface area contributed by atoms with E-state index in [2.05, 4.69) is 4.98 Å². The molecule has 1 N–H and O–H groups in total. The zero-order valence-corrected chi connectivity index (χ0v) is 13.8. The van der Waals surface area contributed by atoms with Crippen LogP contribution in [0.1, 0.15) is 6.42 Å². The molecule has 0 amide bonds. The van der Waals surface area contributed by atoms with Gasteiger partial charge in [0, 0.05) is 24.9 Å². The number of sulfone groups is 1. The van der Waals surface area contributed by atoms with Crippen LogP contribution in [0.15, 0.2) is 12.1 Å². The summed E-state index contributed by atoms with van der Waals surface area (Å²) in [6.07, 6.45) is 1.74. The molecule has 0 aliphatic rings. The van der Waals surface area contributed by atoms with Gasteiger partial charge in [0.2, 0.25) is 0 Å². The van der Waals surface area contributed by atoms with E-state index in [0.717, 1.165) is 11.0 Å². The van der Waals surface area contributed by atoms with Crippen LogP contribution in [-0.4, -0.2) is 44.2 Å². The minimum absolute atomic E-state index is 0.134. The Hall–Kier alpha value is -1.54. The molecular formula is C13H18N2O4S2. The van der Waals surface area contributed by atoms with E-state index in [1.807, 2.05) is 16.7 Å². The molecule has 0 saturated carbocycles. The van der Waals surface area contributed by atoms with E-state index >= 15 is 0 Å². The number of fused-ring (bicyclic) bond motifs is 1. The summed E-state index contributed by atoms with van der Waals surface area (Å²) in [6.45, 7) is 0.529. The monoisotopic (exact) mass is 330 g/mol. The van der Waals surface area contributed by atoms with Gasteiger partial charge in [-0.1, -0.05) is 0 Å². The minimum Gasteiger partial charge on any atom is -0.493 e. The molecule has 21 heavy (non-hydrogen) atoms. The Balaban J connectivity index is 2.39. The van der Waals surface area contributed by atoms with Gasteiger partial charge in [0.1, 0.15) is 9.84 Å². The second-order valence-electron chi connectivity index (χ2n) is 4.79. The molecule has 0 aliphatic carbocycles. The Kier molecular flexibility index (Phi) is 4.58. The number of aromatic nitrogens is 2. The molecule has 8 heteroatoms. The lowest BCUT2D eigenvalue weighted by Crippen LogP contribution is -2.07. The number of nitrogens with one attached hydrogen (secondary N) is 1. The molecule has 0 saturated heterocycles. The number of ether oxygens (including phenoxy) is 2. The molecule has 6 nitrogen and oxygen atoms in total. The van der Waals surface area contributed by atoms with Crippen LogP contribution >= 0.6 is 12.2 Å². The van der Waals surface area contributed by atoms with E-state index < -0.39 is 9.84 Å². The molecule has 0 unspecified atom stereocenters. The van der Waals surface area contributed by atoms with Gasteiger partial charge in [0.25, 0.3) is 0 Å². The number of hydrogen-bond donors (Lipinski definition) is 1. The highest BCUT2D eigenvalue weighted by molar-refractivity contribution is 7.90. The van der Waals surface area contributed by atoms with Crippen molar-refractivity contribution in [3.63, 3.8) is 0 Å². The van der Waals surface area contributed by atoms with Crippen LogP contribution in [0.25, 0.3) is 11.0 Å². The van der Waals surface area contributed by atoms with Crippen molar-refractivity contribution in [3.05, 3.63) is 16.9 Å². The maximum absolute atomic E-state index is 11.2. The lowest BCUT2D eigenvalue weighted by atomic mass is 10.2. The van der Waals surface area contributed by atoms with Crippen LogP contribution in [0.5, 0.6) is 11.5 Å². The molecular weight excluding hydrogens is 312 g/mol. The van der Waals surface area contributed by atoms with Crippen molar-refractivity contribution in [2.45, 2.75) is 13.0 Å². The number of aryl methyl sites for hydroxylation is 1. The van der Waals surface area contributed by atoms with Crippen LogP contribution in [0, 0.1) is 4.77 Å². The predicted molar refractivity (Wildman–Crippen MR) is 84.6 cm³/mol. The van der Waals surface area contributed by atoms with Crippen molar-refractivity contribution >= 4 is 33.1 Å². The first-order valence-electron chi connectivity index (χ1n) is 6.38. The molecule has 116 valence electrons. The molecule has 0 spiro atoms. The summed E-state index contributed by atoms with van der Waals surface area (Å²) in [5.74, 6) is 1.36. The summed E-state index contributed by atoms with van der Waals surface area (Å²) in [5.41, 5.74) is 1.70. The highest BCUT2D eigenvalue weighted by atomic mass is 32.2. The molecule has 2 rings (SSSR count). The van der Waals surface area contributed by atoms with Gasteiger partial charge >= 0.3 is 0 Å². The van der Waals surface area contributed by atoms with E-state index in [4.69, 9.17) is 21.7 Å². The normalized spacial score (nSPS) is 11.8. The maximum atomic E-state index is 11.2. The summed E-state index contributed by atoms with van der Waals surface area (Å²) in [5, 5.41) is 0. The van der Waals surface area contributed by atoms with Crippen molar-refractivity contribution in [3.8, 4) is 11.5 Å². The number of imidazole rings is 1. The van der Waals surface area contributed by atoms with Gasteiger partial charge in [-0.15, -0.1) is 0 Å². The van der Waals surface area contributed by atoms with E-state index in [1.165, 1.54) is 6.26 Å². The molecule has 0 radical (unpaired) electrons. The second kappa shape index (κ2) is 6.07. The zero-order chi connectivity index (χ0) is 15.6. The summed E-state index contributed by atoms with van der Waals surface area (Å²) < 4.78 is 35.4. The second-order valence-corrected chi connectivity index (χ2v) is 7.44. The van der Waals surface area contributed by atoms with Gasteiger partial charge < -0.3 is 19.0 Å². The number of nitrogens with zero attached hydrogens (tertiary/aromatic N) is 1. The topological polar surface area (TPSA) is 73.3 Å². The van der Waals surface area contributed by atoms with Gasteiger partial charge in [0.05, 0.1) is 31.0 Å². The first-order valence-corrected chi connectivity index (χ1v) is 8.85. The molecule has 2 aromatic rings. The van der Waals surface area contributed by atoms with Crippen molar-refractivity contribution < 1.29 is 17.9 Å². The van der Waals surface area contributed by atoms with Crippen LogP contribution in [0.4, 0.5) is 0 Å². The van der Waals surface area contributed by atoms with Crippen LogP contribution < -0.4 is 9.47 Å². The summed E-state index contributed by atoms with van der Waals surface area (Å²) >= 11 is 5.30. The van der Waals surface area contributed by atoms with E-state index in [-0.39, 0.29) is 5.75 Å². The number of hydrogen-bond acceptors (Lipinski definition) is 5. The van der Waals surface area contributed by atoms with E-state index in [0.29, 0.717) is 29.2 Å². The molecule has 0 atom stereocenters. The minimum atomic E-state index is -2.97. The zero-order valence-electron chi connectivity index (χ0n) is 12.2. The Morgan fingerprint density at radius 2 is 1.86 bits per heavy atom. The third kappa shape index (κ3) is 3.56. The molecule has 1 heterocycles. The summed E-state index contributed by atoms with van der Waals surface area (Å²) in [6, 6.07) is 3.65. The first kappa shape index (κ1) is 15.8. The first-order chi connectivity index (χ1) is 9.85. The fraction of sp³-hybridized carbons (Fsp3) is 0.462. The summed E-state index contributed by atoms with van der Waals surface area (Å²) in [4.78, 5) is 3.09. The van der Waals surface area contributed by atoms with E-state index in [9.17, 15) is 8.42 Å². The van der Waals surface area contributed by atoms with Gasteiger partial charge in [0.15, 0.2) is 16.3 Å². The fourth-order valence-electron chi connectivity index (χ4n) is 2.19. The highest BCUT2D eigenvalue weighted by Crippen LogP contribution is 2.31. The SMILES string of the molecule is COc1cc2[nH]c(=S)n(CCCS(C)(=O)=O)c2cc1OC. The fourth-order valence-corrected chi connectivity index (χ4v) is 3.14. The van der Waals surface area contributed by atoms with Gasteiger partial charge in [-0.2, -0.15) is 0 Å². The average molecular weight is 330 g/mol. The number of aromatic amines is 1. The van der Waals surface area contributed by atoms with Crippen molar-refractivity contribution in [2.75, 3.05) is 26.2 Å². The standard InChI is InChI=1S/C13H18N2O4S2/c1-18-11-7-9-10(8-12(11)19-2)15(13(20)14-9)5-4-6-21(3,16)17/h7-8H,4-6H2,1-3H3,(H,14,20). The van der Waals surface area contributed by atoms with Crippen molar-refractivity contribution in [1.82, 2.24) is 9.55 Å². The predicted octanol–water partition coefficient (Wildman–Crippen LogP) is 2.15. The van der Waals surface area contributed by atoms with Crippen LogP contribution in [0.2, 0.25) is 0 Å². The highest BCUT2D eigenvalue weighted by Gasteiger charge is 2.11.